The van der Waals surface area contributed by atoms with Crippen molar-refractivity contribution in [1.29, 1.82) is 0 Å². The predicted molar refractivity (Wildman–Crippen MR) is 125 cm³/mol. The molecule has 2 aromatic rings. The molecular weight excluding hydrogens is 411 g/mol. The molecule has 0 radical (unpaired) electrons. The summed E-state index contributed by atoms with van der Waals surface area (Å²) in [5.74, 6) is -0.713. The van der Waals surface area contributed by atoms with E-state index in [4.69, 9.17) is 4.74 Å². The van der Waals surface area contributed by atoms with Gasteiger partial charge in [-0.15, -0.1) is 0 Å². The molecule has 0 aliphatic carbocycles. The average Bonchev–Trinajstić information content (AvgIpc) is 2.81. The fraction of sp³-hybridized carbons (Fsp3) is 0.417. The van der Waals surface area contributed by atoms with Crippen LogP contribution in [0.1, 0.15) is 43.0 Å². The number of hydrogen-bond acceptors (Lipinski definition) is 4. The molecule has 3 rings (SSSR count). The van der Waals surface area contributed by atoms with E-state index in [-0.39, 0.29) is 11.6 Å². The van der Waals surface area contributed by atoms with Gasteiger partial charge in [0, 0.05) is 44.2 Å². The highest BCUT2D eigenvalue weighted by atomic mass is 19.1. The van der Waals surface area contributed by atoms with Crippen molar-refractivity contribution in [3.63, 3.8) is 0 Å². The van der Waals surface area contributed by atoms with Gasteiger partial charge in [-0.1, -0.05) is 12.1 Å². The van der Waals surface area contributed by atoms with E-state index in [0.717, 1.165) is 38.0 Å². The summed E-state index contributed by atoms with van der Waals surface area (Å²) in [6.45, 7) is 5.47. The molecule has 172 valence electrons. The minimum absolute atomic E-state index is 0.0854. The minimum Gasteiger partial charge on any atom is -0.382 e. The molecule has 7 nitrogen and oxygen atoms in total. The normalized spacial score (nSPS) is 13.5. The van der Waals surface area contributed by atoms with Crippen molar-refractivity contribution in [2.75, 3.05) is 48.4 Å². The second kappa shape index (κ2) is 12.0. The van der Waals surface area contributed by atoms with Crippen molar-refractivity contribution in [3.05, 3.63) is 53.8 Å². The number of nitrogens with zero attached hydrogens (tertiary/aromatic N) is 1. The maximum absolute atomic E-state index is 13.8. The number of nitrogens with one attached hydrogen (secondary N) is 3. The molecule has 2 aromatic carbocycles. The van der Waals surface area contributed by atoms with Crippen LogP contribution in [0.4, 0.5) is 26.2 Å². The van der Waals surface area contributed by atoms with Gasteiger partial charge in [0.1, 0.15) is 5.82 Å². The van der Waals surface area contributed by atoms with Crippen molar-refractivity contribution in [1.82, 2.24) is 5.32 Å². The summed E-state index contributed by atoms with van der Waals surface area (Å²) in [5, 5.41) is 8.12. The third-order valence-corrected chi connectivity index (χ3v) is 5.27. The number of anilines is 3. The summed E-state index contributed by atoms with van der Waals surface area (Å²) in [7, 11) is 0. The summed E-state index contributed by atoms with van der Waals surface area (Å²) in [4.78, 5) is 27.5. The maximum atomic E-state index is 13.8. The van der Waals surface area contributed by atoms with Crippen LogP contribution in [0.2, 0.25) is 0 Å². The Labute approximate surface area is 188 Å². The Morgan fingerprint density at radius 1 is 1.06 bits per heavy atom. The summed E-state index contributed by atoms with van der Waals surface area (Å²) in [5.41, 5.74) is 1.90. The zero-order valence-electron chi connectivity index (χ0n) is 18.5. The van der Waals surface area contributed by atoms with E-state index >= 15 is 0 Å². The van der Waals surface area contributed by atoms with Gasteiger partial charge in [-0.05, 0) is 62.9 Å². The van der Waals surface area contributed by atoms with E-state index in [1.54, 1.807) is 24.3 Å². The third-order valence-electron chi connectivity index (χ3n) is 5.27. The Morgan fingerprint density at radius 2 is 1.84 bits per heavy atom. The van der Waals surface area contributed by atoms with Crippen LogP contribution in [0.3, 0.4) is 0 Å². The van der Waals surface area contributed by atoms with Gasteiger partial charge in [0.05, 0.1) is 11.3 Å². The van der Waals surface area contributed by atoms with Crippen LogP contribution in [-0.2, 0) is 4.74 Å². The first kappa shape index (κ1) is 23.5. The number of piperidine rings is 1. The smallest absolute Gasteiger partial charge is 0.323 e. The molecule has 0 saturated carbocycles. The summed E-state index contributed by atoms with van der Waals surface area (Å²) in [6.07, 6.45) is 4.08. The van der Waals surface area contributed by atoms with Crippen LogP contribution < -0.4 is 20.9 Å². The fourth-order valence-electron chi connectivity index (χ4n) is 3.67. The molecule has 1 heterocycles. The molecule has 0 aromatic heterocycles. The van der Waals surface area contributed by atoms with Crippen LogP contribution in [0.25, 0.3) is 0 Å². The zero-order chi connectivity index (χ0) is 22.8. The highest BCUT2D eigenvalue weighted by Gasteiger charge is 2.19. The number of carbonyl (C=O) groups excluding carboxylic acids is 2. The first-order valence-electron chi connectivity index (χ1n) is 11.2. The Morgan fingerprint density at radius 3 is 2.59 bits per heavy atom. The Balaban J connectivity index is 1.72. The van der Waals surface area contributed by atoms with Crippen LogP contribution in [-0.4, -0.2) is 44.8 Å². The van der Waals surface area contributed by atoms with Gasteiger partial charge in [0.15, 0.2) is 0 Å². The van der Waals surface area contributed by atoms with Crippen molar-refractivity contribution in [2.24, 2.45) is 0 Å². The average molecular weight is 443 g/mol. The monoisotopic (exact) mass is 442 g/mol. The van der Waals surface area contributed by atoms with Crippen molar-refractivity contribution in [2.45, 2.75) is 32.6 Å². The van der Waals surface area contributed by atoms with E-state index in [2.05, 4.69) is 20.9 Å². The quantitative estimate of drug-likeness (QED) is 0.495. The highest BCUT2D eigenvalue weighted by Crippen LogP contribution is 2.27. The predicted octanol–water partition coefficient (Wildman–Crippen LogP) is 4.62. The van der Waals surface area contributed by atoms with Crippen molar-refractivity contribution < 1.29 is 18.7 Å². The molecular formula is C24H31FN4O3. The first-order chi connectivity index (χ1) is 15.6. The van der Waals surface area contributed by atoms with E-state index in [9.17, 15) is 14.0 Å². The molecule has 0 spiro atoms. The van der Waals surface area contributed by atoms with Gasteiger partial charge in [0.25, 0.3) is 5.91 Å². The van der Waals surface area contributed by atoms with Gasteiger partial charge in [-0.25, -0.2) is 9.18 Å². The number of rotatable bonds is 9. The number of ether oxygens (including phenoxy) is 1. The number of halogens is 1. The second-order valence-corrected chi connectivity index (χ2v) is 7.64. The Hall–Kier alpha value is -3.13. The number of benzene rings is 2. The molecule has 1 aliphatic rings. The second-order valence-electron chi connectivity index (χ2n) is 7.64. The third kappa shape index (κ3) is 6.68. The number of carbonyl (C=O) groups is 2. The number of urea groups is 1. The van der Waals surface area contributed by atoms with E-state index in [0.29, 0.717) is 31.0 Å². The first-order valence-corrected chi connectivity index (χ1v) is 11.2. The van der Waals surface area contributed by atoms with Gasteiger partial charge in [-0.3, -0.25) is 4.79 Å². The van der Waals surface area contributed by atoms with Crippen LogP contribution in [0.15, 0.2) is 42.5 Å². The van der Waals surface area contributed by atoms with Gasteiger partial charge < -0.3 is 25.6 Å². The molecule has 1 saturated heterocycles. The van der Waals surface area contributed by atoms with Crippen LogP contribution in [0, 0.1) is 5.82 Å². The molecule has 1 fully saturated rings. The zero-order valence-corrected chi connectivity index (χ0v) is 18.5. The molecule has 32 heavy (non-hydrogen) atoms. The Bertz CT molecular complexity index is 916. The van der Waals surface area contributed by atoms with Crippen LogP contribution >= 0.6 is 0 Å². The van der Waals surface area contributed by atoms with Gasteiger partial charge in [0.2, 0.25) is 0 Å². The summed E-state index contributed by atoms with van der Waals surface area (Å²) < 4.78 is 19.1. The molecule has 0 atom stereocenters. The van der Waals surface area contributed by atoms with Crippen molar-refractivity contribution in [3.8, 4) is 0 Å². The number of amides is 3. The maximum Gasteiger partial charge on any atom is 0.323 e. The topological polar surface area (TPSA) is 82.7 Å². The van der Waals surface area contributed by atoms with Gasteiger partial charge in [-0.2, -0.15) is 0 Å². The van der Waals surface area contributed by atoms with E-state index in [1.807, 2.05) is 13.0 Å². The minimum atomic E-state index is -0.580. The lowest BCUT2D eigenvalue weighted by Gasteiger charge is -2.30. The standard InChI is InChI=1S/C24H31FN4O3/c1-2-32-16-8-13-26-23(30)19-17-18(11-12-22(19)29-14-6-3-7-15-29)27-24(31)28-21-10-5-4-9-20(21)25/h4-5,9-12,17H,2-3,6-8,13-16H2,1H3,(H,26,30)(H2,27,28,31). The Kier molecular flexibility index (Phi) is 8.86. The summed E-state index contributed by atoms with van der Waals surface area (Å²) >= 11 is 0. The lowest BCUT2D eigenvalue weighted by Crippen LogP contribution is -2.33. The van der Waals surface area contributed by atoms with Crippen LogP contribution in [0.5, 0.6) is 0 Å². The SMILES string of the molecule is CCOCCCNC(=O)c1cc(NC(=O)Nc2ccccc2F)ccc1N1CCCCC1. The molecule has 3 N–H and O–H groups in total. The van der Waals surface area contributed by atoms with E-state index in [1.165, 1.54) is 18.6 Å². The lowest BCUT2D eigenvalue weighted by atomic mass is 10.1. The largest absolute Gasteiger partial charge is 0.382 e. The molecule has 8 heteroatoms. The van der Waals surface area contributed by atoms with E-state index < -0.39 is 11.8 Å². The van der Waals surface area contributed by atoms with Crippen molar-refractivity contribution >= 4 is 29.0 Å². The highest BCUT2D eigenvalue weighted by molar-refractivity contribution is 6.04. The molecule has 0 unspecified atom stereocenters. The number of para-hydroxylation sites is 1. The summed E-state index contributed by atoms with van der Waals surface area (Å²) in [6, 6.07) is 10.7. The fourth-order valence-corrected chi connectivity index (χ4v) is 3.67. The van der Waals surface area contributed by atoms with Gasteiger partial charge >= 0.3 is 6.03 Å². The molecule has 1 aliphatic heterocycles. The number of hydrogen-bond donors (Lipinski definition) is 3. The molecule has 0 bridgehead atoms. The molecule has 3 amide bonds. The lowest BCUT2D eigenvalue weighted by molar-refractivity contribution is 0.0944.